The predicted molar refractivity (Wildman–Crippen MR) is 76.4 cm³/mol. The molecule has 17 heavy (non-hydrogen) atoms. The molecule has 0 heterocycles. The first-order chi connectivity index (χ1) is 8.15. The molecule has 1 fully saturated rings. The molecule has 1 aliphatic carbocycles. The topological polar surface area (TPSA) is 29.1 Å². The lowest BCUT2D eigenvalue weighted by Gasteiger charge is -2.32. The van der Waals surface area contributed by atoms with Crippen LogP contribution < -0.4 is 5.32 Å². The van der Waals surface area contributed by atoms with E-state index in [9.17, 15) is 4.79 Å². The maximum Gasteiger partial charge on any atom is 0.220 e. The normalized spacial score (nSPS) is 18.1. The van der Waals surface area contributed by atoms with E-state index in [0.717, 1.165) is 24.6 Å². The number of hydrogen-bond donors (Lipinski definition) is 1. The highest BCUT2D eigenvalue weighted by molar-refractivity contribution is 9.09. The van der Waals surface area contributed by atoms with Crippen LogP contribution in [0.4, 0.5) is 0 Å². The Morgan fingerprint density at radius 3 is 2.29 bits per heavy atom. The van der Waals surface area contributed by atoms with E-state index >= 15 is 0 Å². The van der Waals surface area contributed by atoms with Crippen LogP contribution in [0.15, 0.2) is 0 Å². The van der Waals surface area contributed by atoms with Crippen LogP contribution >= 0.6 is 15.9 Å². The summed E-state index contributed by atoms with van der Waals surface area (Å²) < 4.78 is 0. The van der Waals surface area contributed by atoms with Gasteiger partial charge in [0.05, 0.1) is 0 Å². The average molecular weight is 304 g/mol. The highest BCUT2D eigenvalue weighted by atomic mass is 79.9. The molecular formula is C14H26BrNO. The van der Waals surface area contributed by atoms with Crippen molar-refractivity contribution in [2.45, 2.75) is 70.8 Å². The zero-order chi connectivity index (χ0) is 12.7. The molecule has 2 nitrogen and oxygen atoms in total. The van der Waals surface area contributed by atoms with Crippen molar-refractivity contribution < 1.29 is 4.79 Å². The van der Waals surface area contributed by atoms with Gasteiger partial charge in [0.25, 0.3) is 0 Å². The number of amides is 1. The van der Waals surface area contributed by atoms with Crippen LogP contribution in [-0.4, -0.2) is 16.8 Å². The van der Waals surface area contributed by atoms with E-state index in [1.54, 1.807) is 0 Å². The zero-order valence-corrected chi connectivity index (χ0v) is 12.8. The van der Waals surface area contributed by atoms with Crippen molar-refractivity contribution in [1.29, 1.82) is 0 Å². The smallest absolute Gasteiger partial charge is 0.220 e. The van der Waals surface area contributed by atoms with Gasteiger partial charge in [-0.05, 0) is 31.6 Å². The summed E-state index contributed by atoms with van der Waals surface area (Å²) in [6, 6.07) is 0. The fourth-order valence-corrected chi connectivity index (χ4v) is 3.58. The molecule has 3 heteroatoms. The average Bonchev–Trinajstić information content (AvgIpc) is 2.37. The van der Waals surface area contributed by atoms with Gasteiger partial charge in [-0.2, -0.15) is 0 Å². The number of halogens is 1. The molecule has 0 unspecified atom stereocenters. The first-order valence-electron chi connectivity index (χ1n) is 7.02. The number of rotatable bonds is 6. The Hall–Kier alpha value is -0.0500. The molecule has 0 spiro atoms. The Labute approximate surface area is 114 Å². The first-order valence-corrected chi connectivity index (χ1v) is 8.15. The monoisotopic (exact) mass is 303 g/mol. The molecule has 100 valence electrons. The van der Waals surface area contributed by atoms with Crippen molar-refractivity contribution >= 4 is 21.8 Å². The second-order valence-electron chi connectivity index (χ2n) is 5.38. The van der Waals surface area contributed by atoms with Crippen LogP contribution in [0, 0.1) is 5.92 Å². The van der Waals surface area contributed by atoms with Crippen molar-refractivity contribution in [3.8, 4) is 0 Å². The molecule has 0 aromatic carbocycles. The summed E-state index contributed by atoms with van der Waals surface area (Å²) in [7, 11) is 0. The molecule has 1 aliphatic rings. The van der Waals surface area contributed by atoms with Gasteiger partial charge in [0.15, 0.2) is 0 Å². The summed E-state index contributed by atoms with van der Waals surface area (Å²) in [6.07, 6.45) is 9.17. The lowest BCUT2D eigenvalue weighted by atomic mass is 9.86. The van der Waals surface area contributed by atoms with Crippen molar-refractivity contribution in [2.75, 3.05) is 5.33 Å². The minimum absolute atomic E-state index is 0.0360. The summed E-state index contributed by atoms with van der Waals surface area (Å²) >= 11 is 3.53. The summed E-state index contributed by atoms with van der Waals surface area (Å²) in [5.41, 5.74) is -0.0360. The van der Waals surface area contributed by atoms with Crippen LogP contribution in [0.5, 0.6) is 0 Å². The molecule has 1 saturated carbocycles. The molecular weight excluding hydrogens is 278 g/mol. The summed E-state index contributed by atoms with van der Waals surface area (Å²) in [4.78, 5) is 12.1. The highest BCUT2D eigenvalue weighted by Gasteiger charge is 2.27. The van der Waals surface area contributed by atoms with Gasteiger partial charge in [-0.25, -0.2) is 0 Å². The van der Waals surface area contributed by atoms with Crippen LogP contribution in [0.25, 0.3) is 0 Å². The lowest BCUT2D eigenvalue weighted by molar-refractivity contribution is -0.124. The van der Waals surface area contributed by atoms with Gasteiger partial charge >= 0.3 is 0 Å². The molecule has 0 aromatic rings. The minimum atomic E-state index is -0.0360. The summed E-state index contributed by atoms with van der Waals surface area (Å²) in [5.74, 6) is 0.880. The second kappa shape index (κ2) is 7.40. The lowest BCUT2D eigenvalue weighted by Crippen LogP contribution is -2.49. The van der Waals surface area contributed by atoms with Gasteiger partial charge in [-0.1, -0.05) is 49.0 Å². The van der Waals surface area contributed by atoms with E-state index in [0.29, 0.717) is 5.92 Å². The predicted octanol–water partition coefficient (Wildman–Crippen LogP) is 4.03. The third-order valence-electron chi connectivity index (χ3n) is 4.21. The van der Waals surface area contributed by atoms with Gasteiger partial charge in [0.2, 0.25) is 5.91 Å². The highest BCUT2D eigenvalue weighted by Crippen LogP contribution is 2.27. The molecule has 1 N–H and O–H groups in total. The van der Waals surface area contributed by atoms with Crippen LogP contribution in [0.2, 0.25) is 0 Å². The number of alkyl halides is 1. The summed E-state index contributed by atoms with van der Waals surface area (Å²) in [6.45, 7) is 4.29. The largest absolute Gasteiger partial charge is 0.350 e. The summed E-state index contributed by atoms with van der Waals surface area (Å²) in [5, 5.41) is 4.09. The van der Waals surface area contributed by atoms with Crippen molar-refractivity contribution in [3.63, 3.8) is 0 Å². The second-order valence-corrected chi connectivity index (χ2v) is 5.94. The van der Waals surface area contributed by atoms with Gasteiger partial charge in [0.1, 0.15) is 0 Å². The van der Waals surface area contributed by atoms with Crippen LogP contribution in [0.1, 0.15) is 65.2 Å². The fraction of sp³-hybridized carbons (Fsp3) is 0.929. The Morgan fingerprint density at radius 2 is 1.82 bits per heavy atom. The Balaban J connectivity index is 2.41. The maximum absolute atomic E-state index is 12.1. The Bertz CT molecular complexity index is 224. The first kappa shape index (κ1) is 15.0. The molecule has 0 radical (unpaired) electrons. The Kier molecular flexibility index (Phi) is 6.53. The van der Waals surface area contributed by atoms with E-state index < -0.39 is 0 Å². The third-order valence-corrected chi connectivity index (χ3v) is 5.29. The van der Waals surface area contributed by atoms with Gasteiger partial charge < -0.3 is 5.32 Å². The number of carbonyl (C=O) groups is 1. The van der Waals surface area contributed by atoms with Crippen LogP contribution in [-0.2, 0) is 4.79 Å². The maximum atomic E-state index is 12.1. The number of carbonyl (C=O) groups excluding carboxylic acids is 1. The van der Waals surface area contributed by atoms with E-state index in [2.05, 4.69) is 35.1 Å². The molecule has 0 aliphatic heterocycles. The molecule has 0 aromatic heterocycles. The zero-order valence-electron chi connectivity index (χ0n) is 11.2. The molecule has 0 atom stereocenters. The van der Waals surface area contributed by atoms with E-state index in [1.807, 2.05) is 0 Å². The SMILES string of the molecule is CCC(CC)(CBr)NC(=O)CC1CCCCC1. The quantitative estimate of drug-likeness (QED) is 0.738. The minimum Gasteiger partial charge on any atom is -0.350 e. The molecule has 0 bridgehead atoms. The van der Waals surface area contributed by atoms with Crippen molar-refractivity contribution in [2.24, 2.45) is 5.92 Å². The van der Waals surface area contributed by atoms with Crippen molar-refractivity contribution in [3.05, 3.63) is 0 Å². The molecule has 0 saturated heterocycles. The molecule has 1 amide bonds. The number of hydrogen-bond acceptors (Lipinski definition) is 1. The number of nitrogens with one attached hydrogen (secondary N) is 1. The van der Waals surface area contributed by atoms with E-state index in [4.69, 9.17) is 0 Å². The van der Waals surface area contributed by atoms with E-state index in [-0.39, 0.29) is 11.4 Å². The van der Waals surface area contributed by atoms with Crippen molar-refractivity contribution in [1.82, 2.24) is 5.32 Å². The Morgan fingerprint density at radius 1 is 1.24 bits per heavy atom. The standard InChI is InChI=1S/C14H26BrNO/c1-3-14(4-2,11-15)16-13(17)10-12-8-6-5-7-9-12/h12H,3-11H2,1-2H3,(H,16,17). The molecule has 1 rings (SSSR count). The van der Waals surface area contributed by atoms with Gasteiger partial charge in [-0.15, -0.1) is 0 Å². The fourth-order valence-electron chi connectivity index (χ4n) is 2.65. The van der Waals surface area contributed by atoms with Gasteiger partial charge in [0, 0.05) is 17.3 Å². The third kappa shape index (κ3) is 4.61. The van der Waals surface area contributed by atoms with Gasteiger partial charge in [-0.3, -0.25) is 4.79 Å². The van der Waals surface area contributed by atoms with Crippen LogP contribution in [0.3, 0.4) is 0 Å². The van der Waals surface area contributed by atoms with E-state index in [1.165, 1.54) is 32.1 Å².